The summed E-state index contributed by atoms with van der Waals surface area (Å²) < 4.78 is 1.68. The molecule has 0 fully saturated rings. The minimum Gasteiger partial charge on any atom is -0.313 e. The first kappa shape index (κ1) is 27.1. The lowest BCUT2D eigenvalue weighted by Gasteiger charge is -2.32. The molecular formula is C33H35N5O2. The molecule has 0 aliphatic carbocycles. The summed E-state index contributed by atoms with van der Waals surface area (Å²) in [4.78, 5) is 36.7. The maximum atomic E-state index is 14.0. The van der Waals surface area contributed by atoms with Crippen molar-refractivity contribution in [3.05, 3.63) is 112 Å². The van der Waals surface area contributed by atoms with Gasteiger partial charge in [0.25, 0.3) is 5.56 Å². The zero-order chi connectivity index (χ0) is 28.4. The van der Waals surface area contributed by atoms with Crippen molar-refractivity contribution < 1.29 is 4.79 Å². The van der Waals surface area contributed by atoms with Crippen LogP contribution in [0.1, 0.15) is 29.9 Å². The maximum absolute atomic E-state index is 14.0. The first-order chi connectivity index (χ1) is 19.2. The van der Waals surface area contributed by atoms with E-state index in [0.717, 1.165) is 33.3 Å². The molecule has 2 amide bonds. The highest BCUT2D eigenvalue weighted by atomic mass is 16.2. The number of rotatable bonds is 7. The Balaban J connectivity index is 1.63. The van der Waals surface area contributed by atoms with E-state index in [9.17, 15) is 9.59 Å². The van der Waals surface area contributed by atoms with Crippen molar-refractivity contribution in [2.24, 2.45) is 0 Å². The average Bonchev–Trinajstić information content (AvgIpc) is 2.93. The van der Waals surface area contributed by atoms with Gasteiger partial charge in [-0.1, -0.05) is 66.2 Å². The highest BCUT2D eigenvalue weighted by Crippen LogP contribution is 2.27. The summed E-state index contributed by atoms with van der Waals surface area (Å²) in [6.07, 6.45) is 0. The minimum absolute atomic E-state index is 0.151. The number of anilines is 1. The second-order valence-electron chi connectivity index (χ2n) is 10.5. The van der Waals surface area contributed by atoms with E-state index >= 15 is 0 Å². The van der Waals surface area contributed by atoms with E-state index in [0.29, 0.717) is 29.8 Å². The van der Waals surface area contributed by atoms with Crippen LogP contribution >= 0.6 is 0 Å². The number of hydrogen-bond donors (Lipinski definition) is 1. The number of nitrogens with zero attached hydrogens (tertiary/aromatic N) is 4. The van der Waals surface area contributed by atoms with Gasteiger partial charge < -0.3 is 15.1 Å². The lowest BCUT2D eigenvalue weighted by molar-refractivity contribution is 0.181. The second kappa shape index (κ2) is 11.3. The molecule has 0 saturated carbocycles. The van der Waals surface area contributed by atoms with Crippen LogP contribution in [0.15, 0.2) is 89.7 Å². The monoisotopic (exact) mass is 533 g/mol. The van der Waals surface area contributed by atoms with Crippen molar-refractivity contribution >= 4 is 33.4 Å². The molecule has 0 aliphatic rings. The Kier molecular flexibility index (Phi) is 7.67. The van der Waals surface area contributed by atoms with Gasteiger partial charge in [-0.15, -0.1) is 0 Å². The Morgan fingerprint density at radius 2 is 1.60 bits per heavy atom. The number of amides is 2. The lowest BCUT2D eigenvalue weighted by Crippen LogP contribution is -2.43. The van der Waals surface area contributed by atoms with Crippen molar-refractivity contribution in [3.63, 3.8) is 0 Å². The first-order valence-electron chi connectivity index (χ1n) is 13.5. The molecule has 7 nitrogen and oxygen atoms in total. The summed E-state index contributed by atoms with van der Waals surface area (Å²) in [5.74, 6) is 0.516. The van der Waals surface area contributed by atoms with Gasteiger partial charge in [0.1, 0.15) is 5.82 Å². The largest absolute Gasteiger partial charge is 0.322 e. The summed E-state index contributed by atoms with van der Waals surface area (Å²) in [5.41, 5.74) is 4.03. The number of hydrogen-bond acceptors (Lipinski definition) is 4. The molecule has 0 aliphatic heterocycles. The normalized spacial score (nSPS) is 12.2. The third kappa shape index (κ3) is 5.33. The lowest BCUT2D eigenvalue weighted by atomic mass is 10.1. The average molecular weight is 534 g/mol. The molecule has 1 atom stereocenters. The zero-order valence-electron chi connectivity index (χ0n) is 23.7. The van der Waals surface area contributed by atoms with E-state index < -0.39 is 6.04 Å². The predicted octanol–water partition coefficient (Wildman–Crippen LogP) is 6.31. The summed E-state index contributed by atoms with van der Waals surface area (Å²) in [5, 5.41) is 5.70. The van der Waals surface area contributed by atoms with Crippen LogP contribution in [0.5, 0.6) is 0 Å². The molecule has 1 N–H and O–H groups in total. The molecular weight excluding hydrogens is 498 g/mol. The topological polar surface area (TPSA) is 70.5 Å². The van der Waals surface area contributed by atoms with Crippen molar-refractivity contribution in [2.75, 3.05) is 32.5 Å². The van der Waals surface area contributed by atoms with Crippen LogP contribution in [0.2, 0.25) is 0 Å². The van der Waals surface area contributed by atoms with E-state index in [1.54, 1.807) is 15.5 Å². The standard InChI is InChI=1S/C33H35N5O2/c1-22-17-18-30(23(2)21-22)38-31(34-29-15-9-8-14-27(29)32(38)39)24(3)37(20-19-36(4)5)33(40)35-28-16-10-12-25-11-6-7-13-26(25)28/h6-18,21,24H,19-20H2,1-5H3,(H,35,40). The molecule has 0 radical (unpaired) electrons. The van der Waals surface area contributed by atoms with Gasteiger partial charge in [-0.2, -0.15) is 0 Å². The molecule has 40 heavy (non-hydrogen) atoms. The van der Waals surface area contributed by atoms with E-state index in [1.165, 1.54) is 0 Å². The maximum Gasteiger partial charge on any atom is 0.322 e. The second-order valence-corrected chi connectivity index (χ2v) is 10.5. The van der Waals surface area contributed by atoms with Crippen molar-refractivity contribution in [2.45, 2.75) is 26.8 Å². The van der Waals surface area contributed by atoms with Crippen LogP contribution in [0.25, 0.3) is 27.4 Å². The number of urea groups is 1. The number of carbonyl (C=O) groups is 1. The molecule has 1 heterocycles. The Hall–Kier alpha value is -4.49. The van der Waals surface area contributed by atoms with Gasteiger partial charge in [0.05, 0.1) is 28.3 Å². The van der Waals surface area contributed by atoms with Crippen molar-refractivity contribution in [3.8, 4) is 5.69 Å². The van der Waals surface area contributed by atoms with Crippen LogP contribution in [-0.4, -0.2) is 52.6 Å². The molecule has 1 aromatic heterocycles. The van der Waals surface area contributed by atoms with Crippen molar-refractivity contribution in [1.29, 1.82) is 0 Å². The van der Waals surface area contributed by atoms with Crippen LogP contribution in [0.3, 0.4) is 0 Å². The number of likely N-dealkylation sites (N-methyl/N-ethyl adjacent to an activating group) is 1. The van der Waals surface area contributed by atoms with Crippen LogP contribution in [0, 0.1) is 13.8 Å². The molecule has 5 rings (SSSR count). The molecule has 0 saturated heterocycles. The third-order valence-electron chi connectivity index (χ3n) is 7.32. The molecule has 0 bridgehead atoms. The van der Waals surface area contributed by atoms with Gasteiger partial charge >= 0.3 is 6.03 Å². The smallest absolute Gasteiger partial charge is 0.313 e. The van der Waals surface area contributed by atoms with Gasteiger partial charge in [0.2, 0.25) is 0 Å². The summed E-state index contributed by atoms with van der Waals surface area (Å²) in [6, 6.07) is 26.5. The molecule has 5 aromatic rings. The number of aryl methyl sites for hydroxylation is 2. The van der Waals surface area contributed by atoms with E-state index in [4.69, 9.17) is 4.98 Å². The molecule has 4 aromatic carbocycles. The fourth-order valence-electron chi connectivity index (χ4n) is 5.16. The quantitative estimate of drug-likeness (QED) is 0.266. The Morgan fingerprint density at radius 1 is 0.900 bits per heavy atom. The molecule has 7 heteroatoms. The molecule has 0 spiro atoms. The van der Waals surface area contributed by atoms with Gasteiger partial charge in [-0.05, 0) is 70.1 Å². The summed E-state index contributed by atoms with van der Waals surface area (Å²) in [6.45, 7) is 7.06. The number of fused-ring (bicyclic) bond motifs is 2. The zero-order valence-corrected chi connectivity index (χ0v) is 23.7. The Morgan fingerprint density at radius 3 is 2.35 bits per heavy atom. The Bertz CT molecular complexity index is 1750. The highest BCUT2D eigenvalue weighted by Gasteiger charge is 2.28. The van der Waals surface area contributed by atoms with Crippen molar-refractivity contribution in [1.82, 2.24) is 19.4 Å². The number of carbonyl (C=O) groups excluding carboxylic acids is 1. The van der Waals surface area contributed by atoms with E-state index in [2.05, 4.69) is 11.4 Å². The van der Waals surface area contributed by atoms with Crippen LogP contribution in [0.4, 0.5) is 10.5 Å². The minimum atomic E-state index is -0.507. The number of para-hydroxylation sites is 1. The fourth-order valence-corrected chi connectivity index (χ4v) is 5.16. The first-order valence-corrected chi connectivity index (χ1v) is 13.5. The predicted molar refractivity (Wildman–Crippen MR) is 163 cm³/mol. The van der Waals surface area contributed by atoms with Crippen LogP contribution in [-0.2, 0) is 0 Å². The molecule has 204 valence electrons. The molecule has 1 unspecified atom stereocenters. The fraction of sp³-hybridized carbons (Fsp3) is 0.242. The van der Waals surface area contributed by atoms with E-state index in [-0.39, 0.29) is 11.6 Å². The number of nitrogens with one attached hydrogen (secondary N) is 1. The number of aromatic nitrogens is 2. The number of benzene rings is 4. The van der Waals surface area contributed by atoms with Gasteiger partial charge in [-0.3, -0.25) is 9.36 Å². The summed E-state index contributed by atoms with van der Waals surface area (Å²) in [7, 11) is 3.96. The van der Waals surface area contributed by atoms with Crippen LogP contribution < -0.4 is 10.9 Å². The third-order valence-corrected chi connectivity index (χ3v) is 7.32. The SMILES string of the molecule is Cc1ccc(-n2c(C(C)N(CCN(C)C)C(=O)Nc3cccc4ccccc34)nc3ccccc3c2=O)c(C)c1. The van der Waals surface area contributed by atoms with Gasteiger partial charge in [-0.25, -0.2) is 9.78 Å². The Labute approximate surface area is 234 Å². The summed E-state index contributed by atoms with van der Waals surface area (Å²) >= 11 is 0. The van der Waals surface area contributed by atoms with Gasteiger partial charge in [0, 0.05) is 18.5 Å². The van der Waals surface area contributed by atoms with E-state index in [1.807, 2.05) is 113 Å². The van der Waals surface area contributed by atoms with Gasteiger partial charge in [0.15, 0.2) is 0 Å². The highest BCUT2D eigenvalue weighted by molar-refractivity contribution is 6.01.